The number of rotatable bonds is 8. The van der Waals surface area contributed by atoms with Crippen molar-refractivity contribution in [2.75, 3.05) is 6.54 Å². The Morgan fingerprint density at radius 2 is 1.94 bits per heavy atom. The first-order valence-corrected chi connectivity index (χ1v) is 6.83. The lowest BCUT2D eigenvalue weighted by Crippen LogP contribution is -2.23. The van der Waals surface area contributed by atoms with Crippen LogP contribution < -0.4 is 5.32 Å². The molecular weight excluding hydrogens is 212 g/mol. The molecule has 0 amide bonds. The fourth-order valence-electron chi connectivity index (χ4n) is 1.79. The van der Waals surface area contributed by atoms with Crippen LogP contribution in [0.1, 0.15) is 52.2 Å². The maximum Gasteiger partial charge on any atom is 0.150 e. The molecule has 0 aliphatic rings. The van der Waals surface area contributed by atoms with Crippen molar-refractivity contribution in [3.63, 3.8) is 0 Å². The highest BCUT2D eigenvalue weighted by molar-refractivity contribution is 4.92. The largest absolute Gasteiger partial charge is 0.315 e. The molecule has 1 aromatic rings. The smallest absolute Gasteiger partial charge is 0.150 e. The number of aryl methyl sites for hydroxylation is 3. The second kappa shape index (κ2) is 7.43. The molecule has 1 heterocycles. The van der Waals surface area contributed by atoms with Gasteiger partial charge in [-0.05, 0) is 19.4 Å². The van der Waals surface area contributed by atoms with Crippen LogP contribution in [-0.4, -0.2) is 27.4 Å². The average Bonchev–Trinajstić information content (AvgIpc) is 2.70. The van der Waals surface area contributed by atoms with Gasteiger partial charge in [-0.15, -0.1) is 0 Å². The van der Waals surface area contributed by atoms with Crippen molar-refractivity contribution in [3.8, 4) is 0 Å². The summed E-state index contributed by atoms with van der Waals surface area (Å²) < 4.78 is 2.08. The third-order valence-electron chi connectivity index (χ3n) is 2.77. The van der Waals surface area contributed by atoms with Gasteiger partial charge in [0.05, 0.1) is 0 Å². The minimum absolute atomic E-state index is 0.583. The maximum atomic E-state index is 4.52. The number of unbranched alkanes of at least 4 members (excludes halogenated alkanes) is 1. The Hall–Kier alpha value is -0.900. The summed E-state index contributed by atoms with van der Waals surface area (Å²) >= 11 is 0. The third kappa shape index (κ3) is 4.86. The molecule has 0 aliphatic carbocycles. The zero-order chi connectivity index (χ0) is 12.7. The number of aromatic nitrogens is 3. The van der Waals surface area contributed by atoms with Crippen molar-refractivity contribution in [1.29, 1.82) is 0 Å². The highest BCUT2D eigenvalue weighted by Gasteiger charge is 2.06. The molecule has 17 heavy (non-hydrogen) atoms. The van der Waals surface area contributed by atoms with Gasteiger partial charge in [-0.3, -0.25) is 0 Å². The first-order chi connectivity index (χ1) is 8.17. The molecule has 0 atom stereocenters. The van der Waals surface area contributed by atoms with Crippen molar-refractivity contribution >= 4 is 0 Å². The van der Waals surface area contributed by atoms with Crippen LogP contribution in [0, 0.1) is 0 Å². The van der Waals surface area contributed by atoms with Crippen molar-refractivity contribution in [2.45, 2.75) is 66.0 Å². The fraction of sp³-hybridized carbons (Fsp3) is 0.846. The number of nitrogens with one attached hydrogen (secondary N) is 1. The van der Waals surface area contributed by atoms with E-state index in [1.165, 1.54) is 12.8 Å². The lowest BCUT2D eigenvalue weighted by Gasteiger charge is -2.08. The maximum absolute atomic E-state index is 4.52. The van der Waals surface area contributed by atoms with Crippen LogP contribution in [0.3, 0.4) is 0 Å². The van der Waals surface area contributed by atoms with E-state index in [2.05, 4.69) is 47.8 Å². The summed E-state index contributed by atoms with van der Waals surface area (Å²) in [4.78, 5) is 4.51. The predicted octanol–water partition coefficient (Wildman–Crippen LogP) is 2.18. The van der Waals surface area contributed by atoms with Crippen molar-refractivity contribution < 1.29 is 0 Å². The quantitative estimate of drug-likeness (QED) is 0.706. The summed E-state index contributed by atoms with van der Waals surface area (Å²) in [5.41, 5.74) is 0. The lowest BCUT2D eigenvalue weighted by molar-refractivity contribution is 0.500. The minimum Gasteiger partial charge on any atom is -0.315 e. The first kappa shape index (κ1) is 14.2. The predicted molar refractivity (Wildman–Crippen MR) is 71.2 cm³/mol. The van der Waals surface area contributed by atoms with Gasteiger partial charge in [-0.1, -0.05) is 27.7 Å². The molecule has 0 saturated carbocycles. The van der Waals surface area contributed by atoms with E-state index in [-0.39, 0.29) is 0 Å². The molecule has 1 N–H and O–H groups in total. The van der Waals surface area contributed by atoms with Gasteiger partial charge < -0.3 is 5.32 Å². The van der Waals surface area contributed by atoms with Gasteiger partial charge in [0.15, 0.2) is 5.82 Å². The van der Waals surface area contributed by atoms with E-state index in [4.69, 9.17) is 0 Å². The van der Waals surface area contributed by atoms with Gasteiger partial charge >= 0.3 is 0 Å². The van der Waals surface area contributed by atoms with Crippen LogP contribution >= 0.6 is 0 Å². The molecule has 0 aliphatic heterocycles. The summed E-state index contributed by atoms with van der Waals surface area (Å²) in [5.74, 6) is 2.10. The molecular formula is C13H26N4. The van der Waals surface area contributed by atoms with Crippen LogP contribution in [0.2, 0.25) is 0 Å². The Balaban J connectivity index is 2.32. The van der Waals surface area contributed by atoms with Crippen LogP contribution in [0.4, 0.5) is 0 Å². The lowest BCUT2D eigenvalue weighted by atomic mass is 10.3. The van der Waals surface area contributed by atoms with E-state index in [1.54, 1.807) is 0 Å². The van der Waals surface area contributed by atoms with Crippen molar-refractivity contribution in [3.05, 3.63) is 11.6 Å². The van der Waals surface area contributed by atoms with Gasteiger partial charge in [-0.2, -0.15) is 5.10 Å². The molecule has 0 saturated heterocycles. The zero-order valence-corrected chi connectivity index (χ0v) is 11.7. The van der Waals surface area contributed by atoms with E-state index in [9.17, 15) is 0 Å². The Bertz CT molecular complexity index is 317. The standard InChI is InChI=1S/C13H26N4/c1-5-12-15-13(6-2)17(16-12)10-8-7-9-14-11(3)4/h11,14H,5-10H2,1-4H3. The second-order valence-corrected chi connectivity index (χ2v) is 4.69. The Kier molecular flexibility index (Phi) is 6.19. The SMILES string of the molecule is CCc1nc(CC)n(CCCCNC(C)C)n1. The molecule has 4 nitrogen and oxygen atoms in total. The molecule has 0 aromatic carbocycles. The highest BCUT2D eigenvalue weighted by atomic mass is 15.3. The second-order valence-electron chi connectivity index (χ2n) is 4.69. The summed E-state index contributed by atoms with van der Waals surface area (Å²) in [5, 5.41) is 7.95. The normalized spacial score (nSPS) is 11.4. The monoisotopic (exact) mass is 238 g/mol. The van der Waals surface area contributed by atoms with E-state index in [0.717, 1.165) is 37.6 Å². The molecule has 98 valence electrons. The molecule has 4 heteroatoms. The molecule has 1 rings (SSSR count). The number of nitrogens with zero attached hydrogens (tertiary/aromatic N) is 3. The molecule has 0 bridgehead atoms. The summed E-state index contributed by atoms with van der Waals surface area (Å²) in [6.45, 7) is 10.7. The molecule has 0 radical (unpaired) electrons. The molecule has 0 unspecified atom stereocenters. The number of hydrogen-bond acceptors (Lipinski definition) is 3. The molecule has 1 aromatic heterocycles. The van der Waals surface area contributed by atoms with Gasteiger partial charge in [0.1, 0.15) is 5.82 Å². The Morgan fingerprint density at radius 1 is 1.18 bits per heavy atom. The Morgan fingerprint density at radius 3 is 2.53 bits per heavy atom. The third-order valence-corrected chi connectivity index (χ3v) is 2.77. The van der Waals surface area contributed by atoms with E-state index < -0.39 is 0 Å². The first-order valence-electron chi connectivity index (χ1n) is 6.83. The van der Waals surface area contributed by atoms with Gasteiger partial charge in [0.25, 0.3) is 0 Å². The van der Waals surface area contributed by atoms with Crippen molar-refractivity contribution in [2.24, 2.45) is 0 Å². The van der Waals surface area contributed by atoms with E-state index >= 15 is 0 Å². The average molecular weight is 238 g/mol. The Labute approximate surface area is 105 Å². The zero-order valence-electron chi connectivity index (χ0n) is 11.7. The van der Waals surface area contributed by atoms with Crippen LogP contribution in [0.15, 0.2) is 0 Å². The van der Waals surface area contributed by atoms with E-state index in [0.29, 0.717) is 6.04 Å². The van der Waals surface area contributed by atoms with Gasteiger partial charge in [0, 0.05) is 25.4 Å². The minimum atomic E-state index is 0.583. The van der Waals surface area contributed by atoms with Crippen LogP contribution in [0.5, 0.6) is 0 Å². The topological polar surface area (TPSA) is 42.7 Å². The molecule has 0 fully saturated rings. The van der Waals surface area contributed by atoms with Gasteiger partial charge in [0.2, 0.25) is 0 Å². The highest BCUT2D eigenvalue weighted by Crippen LogP contribution is 2.03. The fourth-order valence-corrected chi connectivity index (χ4v) is 1.79. The number of hydrogen-bond donors (Lipinski definition) is 1. The van der Waals surface area contributed by atoms with Crippen molar-refractivity contribution in [1.82, 2.24) is 20.1 Å². The summed E-state index contributed by atoms with van der Waals surface area (Å²) in [6, 6.07) is 0.583. The van der Waals surface area contributed by atoms with E-state index in [1.807, 2.05) is 0 Å². The molecule has 0 spiro atoms. The van der Waals surface area contributed by atoms with Crippen LogP contribution in [-0.2, 0) is 19.4 Å². The summed E-state index contributed by atoms with van der Waals surface area (Å²) in [6.07, 6.45) is 4.26. The van der Waals surface area contributed by atoms with Crippen LogP contribution in [0.25, 0.3) is 0 Å². The summed E-state index contributed by atoms with van der Waals surface area (Å²) in [7, 11) is 0. The van der Waals surface area contributed by atoms with Gasteiger partial charge in [-0.25, -0.2) is 9.67 Å².